The molecule has 0 atom stereocenters. The SMILES string of the molecule is CCOC(=O)c1cnc(SCc2cccc(OC)c2)nc1N. The van der Waals surface area contributed by atoms with Crippen molar-refractivity contribution in [1.82, 2.24) is 9.97 Å². The molecule has 0 fully saturated rings. The summed E-state index contributed by atoms with van der Waals surface area (Å²) in [5, 5.41) is 0.508. The third-order valence-electron chi connectivity index (χ3n) is 2.79. The Kier molecular flexibility index (Phi) is 5.60. The Morgan fingerprint density at radius 3 is 2.91 bits per heavy atom. The molecule has 1 aromatic carbocycles. The van der Waals surface area contributed by atoms with E-state index in [9.17, 15) is 4.79 Å². The molecule has 0 saturated heterocycles. The maximum Gasteiger partial charge on any atom is 0.343 e. The van der Waals surface area contributed by atoms with Gasteiger partial charge in [-0.05, 0) is 24.6 Å². The molecule has 6 nitrogen and oxygen atoms in total. The number of methoxy groups -OCH3 is 1. The third kappa shape index (κ3) is 4.11. The molecule has 0 aliphatic carbocycles. The number of esters is 1. The molecule has 1 aromatic heterocycles. The molecule has 0 radical (unpaired) electrons. The van der Waals surface area contributed by atoms with Crippen LogP contribution in [-0.4, -0.2) is 29.7 Å². The highest BCUT2D eigenvalue weighted by atomic mass is 32.2. The Bertz CT molecular complexity index is 664. The maximum absolute atomic E-state index is 11.6. The van der Waals surface area contributed by atoms with Crippen LogP contribution in [0.2, 0.25) is 0 Å². The fourth-order valence-corrected chi connectivity index (χ4v) is 2.49. The van der Waals surface area contributed by atoms with Crippen molar-refractivity contribution in [3.8, 4) is 5.75 Å². The number of nitrogen functional groups attached to an aromatic ring is 1. The van der Waals surface area contributed by atoms with Gasteiger partial charge in [-0.1, -0.05) is 23.9 Å². The summed E-state index contributed by atoms with van der Waals surface area (Å²) in [6.45, 7) is 2.01. The highest BCUT2D eigenvalue weighted by molar-refractivity contribution is 7.98. The number of aromatic nitrogens is 2. The van der Waals surface area contributed by atoms with Gasteiger partial charge in [-0.2, -0.15) is 0 Å². The standard InChI is InChI=1S/C15H17N3O3S/c1-3-21-14(19)12-8-17-15(18-13(12)16)22-9-10-5-4-6-11(7-10)20-2/h4-8H,3,9H2,1-2H3,(H2,16,17,18). The number of rotatable bonds is 6. The minimum Gasteiger partial charge on any atom is -0.497 e. The lowest BCUT2D eigenvalue weighted by Crippen LogP contribution is -2.10. The predicted molar refractivity (Wildman–Crippen MR) is 85.0 cm³/mol. The summed E-state index contributed by atoms with van der Waals surface area (Å²) in [5.41, 5.74) is 7.05. The average molecular weight is 319 g/mol. The summed E-state index contributed by atoms with van der Waals surface area (Å²) in [6, 6.07) is 7.75. The quantitative estimate of drug-likeness (QED) is 0.497. The number of nitrogens with zero attached hydrogens (tertiary/aromatic N) is 2. The Hall–Kier alpha value is -2.28. The van der Waals surface area contributed by atoms with Gasteiger partial charge in [0.2, 0.25) is 0 Å². The van der Waals surface area contributed by atoms with Crippen molar-refractivity contribution < 1.29 is 14.3 Å². The lowest BCUT2D eigenvalue weighted by atomic mass is 10.2. The van der Waals surface area contributed by atoms with Crippen molar-refractivity contribution in [2.45, 2.75) is 17.8 Å². The van der Waals surface area contributed by atoms with E-state index in [0.717, 1.165) is 11.3 Å². The van der Waals surface area contributed by atoms with Crippen LogP contribution in [0.3, 0.4) is 0 Å². The summed E-state index contributed by atoms with van der Waals surface area (Å²) in [5.74, 6) is 1.09. The van der Waals surface area contributed by atoms with E-state index in [2.05, 4.69) is 9.97 Å². The van der Waals surface area contributed by atoms with Crippen molar-refractivity contribution in [3.63, 3.8) is 0 Å². The van der Waals surface area contributed by atoms with Crippen molar-refractivity contribution >= 4 is 23.5 Å². The highest BCUT2D eigenvalue weighted by Gasteiger charge is 2.13. The van der Waals surface area contributed by atoms with E-state index in [1.807, 2.05) is 24.3 Å². The van der Waals surface area contributed by atoms with Gasteiger partial charge in [0.15, 0.2) is 5.16 Å². The summed E-state index contributed by atoms with van der Waals surface area (Å²) >= 11 is 1.43. The molecule has 2 N–H and O–H groups in total. The van der Waals surface area contributed by atoms with Gasteiger partial charge in [0.05, 0.1) is 13.7 Å². The van der Waals surface area contributed by atoms with E-state index in [1.165, 1.54) is 18.0 Å². The highest BCUT2D eigenvalue weighted by Crippen LogP contribution is 2.23. The Labute approximate surface area is 133 Å². The molecule has 22 heavy (non-hydrogen) atoms. The van der Waals surface area contributed by atoms with Crippen molar-refractivity contribution in [2.75, 3.05) is 19.5 Å². The first-order valence-electron chi connectivity index (χ1n) is 6.69. The average Bonchev–Trinajstić information content (AvgIpc) is 2.53. The van der Waals surface area contributed by atoms with Crippen LogP contribution in [-0.2, 0) is 10.5 Å². The maximum atomic E-state index is 11.6. The zero-order valence-corrected chi connectivity index (χ0v) is 13.2. The number of hydrogen-bond acceptors (Lipinski definition) is 7. The Morgan fingerprint density at radius 1 is 1.41 bits per heavy atom. The minimum absolute atomic E-state index is 0.126. The van der Waals surface area contributed by atoms with Gasteiger partial charge in [0.1, 0.15) is 17.1 Å². The fraction of sp³-hybridized carbons (Fsp3) is 0.267. The normalized spacial score (nSPS) is 10.3. The van der Waals surface area contributed by atoms with Crippen LogP contribution in [0.5, 0.6) is 5.75 Å². The van der Waals surface area contributed by atoms with Crippen LogP contribution in [0.25, 0.3) is 0 Å². The molecule has 0 aliphatic heterocycles. The predicted octanol–water partition coefficient (Wildman–Crippen LogP) is 2.54. The smallest absolute Gasteiger partial charge is 0.343 e. The first-order chi connectivity index (χ1) is 10.6. The molecule has 2 aromatic rings. The van der Waals surface area contributed by atoms with Gasteiger partial charge in [-0.25, -0.2) is 14.8 Å². The number of hydrogen-bond donors (Lipinski definition) is 1. The van der Waals surface area contributed by atoms with E-state index in [1.54, 1.807) is 14.0 Å². The Balaban J connectivity index is 2.04. The fourth-order valence-electron chi connectivity index (χ4n) is 1.72. The number of carbonyl (C=O) groups is 1. The van der Waals surface area contributed by atoms with Crippen molar-refractivity contribution in [2.24, 2.45) is 0 Å². The number of nitrogens with two attached hydrogens (primary N) is 1. The molecular weight excluding hydrogens is 302 g/mol. The molecule has 7 heteroatoms. The number of thioether (sulfide) groups is 1. The number of benzene rings is 1. The van der Waals surface area contributed by atoms with E-state index in [-0.39, 0.29) is 18.0 Å². The van der Waals surface area contributed by atoms with Gasteiger partial charge in [0.25, 0.3) is 0 Å². The van der Waals surface area contributed by atoms with Gasteiger partial charge in [-0.15, -0.1) is 0 Å². The van der Waals surface area contributed by atoms with Crippen LogP contribution in [0.15, 0.2) is 35.6 Å². The molecule has 2 rings (SSSR count). The van der Waals surface area contributed by atoms with E-state index in [4.69, 9.17) is 15.2 Å². The van der Waals surface area contributed by atoms with Gasteiger partial charge in [0, 0.05) is 11.9 Å². The number of carbonyl (C=O) groups excluding carboxylic acids is 1. The van der Waals surface area contributed by atoms with Crippen molar-refractivity contribution in [1.29, 1.82) is 0 Å². The zero-order valence-electron chi connectivity index (χ0n) is 12.4. The zero-order chi connectivity index (χ0) is 15.9. The first-order valence-corrected chi connectivity index (χ1v) is 7.68. The van der Waals surface area contributed by atoms with Crippen LogP contribution < -0.4 is 10.5 Å². The van der Waals surface area contributed by atoms with Crippen LogP contribution in [0, 0.1) is 0 Å². The lowest BCUT2D eigenvalue weighted by Gasteiger charge is -2.06. The minimum atomic E-state index is -0.510. The summed E-state index contributed by atoms with van der Waals surface area (Å²) < 4.78 is 10.1. The molecule has 0 bridgehead atoms. The lowest BCUT2D eigenvalue weighted by molar-refractivity contribution is 0.0526. The number of anilines is 1. The number of ether oxygens (including phenoxy) is 2. The molecule has 0 aliphatic rings. The molecule has 0 spiro atoms. The largest absolute Gasteiger partial charge is 0.497 e. The van der Waals surface area contributed by atoms with Gasteiger partial charge >= 0.3 is 5.97 Å². The third-order valence-corrected chi connectivity index (χ3v) is 3.73. The second kappa shape index (κ2) is 7.65. The second-order valence-electron chi connectivity index (χ2n) is 4.31. The first kappa shape index (κ1) is 16.1. The molecule has 0 saturated carbocycles. The van der Waals surface area contributed by atoms with Crippen LogP contribution in [0.4, 0.5) is 5.82 Å². The summed E-state index contributed by atoms with van der Waals surface area (Å²) in [7, 11) is 1.63. The van der Waals surface area contributed by atoms with Crippen LogP contribution >= 0.6 is 11.8 Å². The molecule has 0 amide bonds. The topological polar surface area (TPSA) is 87.3 Å². The van der Waals surface area contributed by atoms with E-state index < -0.39 is 5.97 Å². The molecule has 0 unspecified atom stereocenters. The summed E-state index contributed by atoms with van der Waals surface area (Å²) in [4.78, 5) is 19.9. The molecular formula is C15H17N3O3S. The van der Waals surface area contributed by atoms with E-state index >= 15 is 0 Å². The van der Waals surface area contributed by atoms with Gasteiger partial charge in [-0.3, -0.25) is 0 Å². The van der Waals surface area contributed by atoms with Crippen molar-refractivity contribution in [3.05, 3.63) is 41.6 Å². The van der Waals surface area contributed by atoms with E-state index in [0.29, 0.717) is 10.9 Å². The monoisotopic (exact) mass is 319 g/mol. The molecule has 1 heterocycles. The molecule has 116 valence electrons. The second-order valence-corrected chi connectivity index (χ2v) is 5.25. The van der Waals surface area contributed by atoms with Gasteiger partial charge < -0.3 is 15.2 Å². The van der Waals surface area contributed by atoms with Crippen LogP contribution in [0.1, 0.15) is 22.8 Å². The Morgan fingerprint density at radius 2 is 2.23 bits per heavy atom. The summed E-state index contributed by atoms with van der Waals surface area (Å²) in [6.07, 6.45) is 1.40.